The lowest BCUT2D eigenvalue weighted by Gasteiger charge is -2.35. The average Bonchev–Trinajstić information content (AvgIpc) is 3.73. The second kappa shape index (κ2) is 13.7. The normalized spacial score (nSPS) is 22.4. The van der Waals surface area contributed by atoms with Crippen molar-refractivity contribution < 1.29 is 32.6 Å². The van der Waals surface area contributed by atoms with Gasteiger partial charge in [-0.25, -0.2) is 0 Å². The van der Waals surface area contributed by atoms with E-state index in [-0.39, 0.29) is 36.5 Å². The van der Waals surface area contributed by atoms with Crippen molar-refractivity contribution in [2.45, 2.75) is 96.0 Å². The molecule has 0 bridgehead atoms. The molecular formula is C29H39F2NO5. The van der Waals surface area contributed by atoms with E-state index in [0.717, 1.165) is 18.8 Å². The van der Waals surface area contributed by atoms with Gasteiger partial charge in [0.05, 0.1) is 25.2 Å². The lowest BCUT2D eigenvalue weighted by atomic mass is 9.66. The number of rotatable bonds is 15. The van der Waals surface area contributed by atoms with Crippen molar-refractivity contribution in [2.24, 2.45) is 17.8 Å². The Morgan fingerprint density at radius 1 is 1.19 bits per heavy atom. The number of nitriles is 1. The van der Waals surface area contributed by atoms with Crippen molar-refractivity contribution in [3.63, 3.8) is 0 Å². The quantitative estimate of drug-likeness (QED) is 0.145. The molecule has 0 radical (unpaired) electrons. The van der Waals surface area contributed by atoms with E-state index in [1.807, 2.05) is 0 Å². The van der Waals surface area contributed by atoms with Crippen molar-refractivity contribution in [3.05, 3.63) is 23.8 Å². The minimum absolute atomic E-state index is 0.0388. The fourth-order valence-corrected chi connectivity index (χ4v) is 5.55. The number of carbonyl (C=O) groups excluding carboxylic acids is 2. The number of unbranched alkanes of at least 4 members (excludes halogenated alkanes) is 4. The van der Waals surface area contributed by atoms with Crippen molar-refractivity contribution in [3.8, 4) is 17.6 Å². The van der Waals surface area contributed by atoms with Crippen LogP contribution in [0.3, 0.4) is 0 Å². The van der Waals surface area contributed by atoms with Gasteiger partial charge in [-0.1, -0.05) is 51.5 Å². The fourth-order valence-electron chi connectivity index (χ4n) is 5.55. The zero-order valence-electron chi connectivity index (χ0n) is 22.0. The maximum atomic E-state index is 12.9. The molecule has 0 spiro atoms. The molecule has 8 heteroatoms. The molecule has 0 saturated heterocycles. The van der Waals surface area contributed by atoms with Gasteiger partial charge in [-0.05, 0) is 50.0 Å². The maximum absolute atomic E-state index is 12.9. The highest BCUT2D eigenvalue weighted by molar-refractivity contribution is 6.00. The smallest absolute Gasteiger partial charge is 0.387 e. The molecule has 2 fully saturated rings. The van der Waals surface area contributed by atoms with E-state index in [2.05, 4.69) is 17.7 Å². The summed E-state index contributed by atoms with van der Waals surface area (Å²) < 4.78 is 41.4. The van der Waals surface area contributed by atoms with Crippen LogP contribution in [0.4, 0.5) is 8.78 Å². The first kappa shape index (κ1) is 28.9. The van der Waals surface area contributed by atoms with Crippen molar-refractivity contribution in [2.75, 3.05) is 13.7 Å². The molecule has 37 heavy (non-hydrogen) atoms. The minimum Gasteiger partial charge on any atom is -0.493 e. The van der Waals surface area contributed by atoms with Crippen LogP contribution in [0, 0.1) is 29.1 Å². The number of ether oxygens (including phenoxy) is 3. The molecule has 0 amide bonds. The highest BCUT2D eigenvalue weighted by atomic mass is 19.3. The van der Waals surface area contributed by atoms with Gasteiger partial charge in [0.2, 0.25) is 0 Å². The molecular weight excluding hydrogens is 480 g/mol. The number of hydrogen-bond acceptors (Lipinski definition) is 6. The Morgan fingerprint density at radius 3 is 2.59 bits per heavy atom. The molecule has 204 valence electrons. The van der Waals surface area contributed by atoms with Gasteiger partial charge in [0.1, 0.15) is 23.2 Å². The second-order valence-electron chi connectivity index (χ2n) is 10.4. The van der Waals surface area contributed by atoms with Crippen LogP contribution < -0.4 is 9.47 Å². The molecule has 2 aliphatic carbocycles. The van der Waals surface area contributed by atoms with E-state index in [4.69, 9.17) is 9.47 Å². The Morgan fingerprint density at radius 2 is 1.95 bits per heavy atom. The van der Waals surface area contributed by atoms with Gasteiger partial charge < -0.3 is 14.2 Å². The molecule has 0 aliphatic heterocycles. The van der Waals surface area contributed by atoms with Crippen LogP contribution in [0.15, 0.2) is 18.2 Å². The molecule has 1 aromatic rings. The first-order valence-electron chi connectivity index (χ1n) is 13.6. The van der Waals surface area contributed by atoms with Gasteiger partial charge in [-0.15, -0.1) is 0 Å². The van der Waals surface area contributed by atoms with E-state index >= 15 is 0 Å². The van der Waals surface area contributed by atoms with Crippen LogP contribution in [0.1, 0.15) is 89.5 Å². The molecule has 0 aromatic heterocycles. The average molecular weight is 520 g/mol. The Hall–Kier alpha value is -2.69. The van der Waals surface area contributed by atoms with Crippen LogP contribution in [0.25, 0.3) is 0 Å². The first-order valence-corrected chi connectivity index (χ1v) is 13.6. The summed E-state index contributed by atoms with van der Waals surface area (Å²) in [5, 5.41) is 10.2. The van der Waals surface area contributed by atoms with Gasteiger partial charge in [-0.2, -0.15) is 14.0 Å². The summed E-state index contributed by atoms with van der Waals surface area (Å²) in [6.07, 6.45) is 10.9. The van der Waals surface area contributed by atoms with E-state index in [9.17, 15) is 23.6 Å². The summed E-state index contributed by atoms with van der Waals surface area (Å²) in [5.74, 6) is -0.470. The number of benzene rings is 1. The number of Topliss-reactive ketones (excluding diaryl/α,β-unsaturated/α-hetero) is 1. The lowest BCUT2D eigenvalue weighted by Crippen LogP contribution is -2.40. The van der Waals surface area contributed by atoms with Gasteiger partial charge in [-0.3, -0.25) is 9.59 Å². The van der Waals surface area contributed by atoms with Crippen molar-refractivity contribution in [1.82, 2.24) is 0 Å². The highest BCUT2D eigenvalue weighted by Crippen LogP contribution is 2.46. The van der Waals surface area contributed by atoms with Gasteiger partial charge in [0, 0.05) is 18.1 Å². The molecule has 1 aromatic carbocycles. The molecule has 3 atom stereocenters. The van der Waals surface area contributed by atoms with Crippen molar-refractivity contribution >= 4 is 11.8 Å². The largest absolute Gasteiger partial charge is 0.493 e. The SMILES string of the molecule is CCCCCCCC(CCOc1cc(OC(F)F)ccc1C1(C#N)CCC(=O)C(C(=O)OC)C1)C1CC1. The van der Waals surface area contributed by atoms with Gasteiger partial charge in [0.25, 0.3) is 0 Å². The Bertz CT molecular complexity index is 950. The number of hydrogen-bond donors (Lipinski definition) is 0. The molecule has 2 saturated carbocycles. The number of methoxy groups -OCH3 is 1. The fraction of sp³-hybridized carbons (Fsp3) is 0.690. The third-order valence-corrected chi connectivity index (χ3v) is 7.85. The number of ketones is 1. The van der Waals surface area contributed by atoms with Crippen LogP contribution in [0.2, 0.25) is 0 Å². The first-order chi connectivity index (χ1) is 17.8. The van der Waals surface area contributed by atoms with Crippen LogP contribution in [-0.4, -0.2) is 32.1 Å². The van der Waals surface area contributed by atoms with E-state index in [1.165, 1.54) is 64.2 Å². The summed E-state index contributed by atoms with van der Waals surface area (Å²) in [6, 6.07) is 6.62. The maximum Gasteiger partial charge on any atom is 0.387 e. The molecule has 0 heterocycles. The van der Waals surface area contributed by atoms with E-state index in [1.54, 1.807) is 6.07 Å². The third kappa shape index (κ3) is 7.90. The van der Waals surface area contributed by atoms with Crippen LogP contribution >= 0.6 is 0 Å². The van der Waals surface area contributed by atoms with Crippen molar-refractivity contribution in [1.29, 1.82) is 5.26 Å². The predicted octanol–water partition coefficient (Wildman–Crippen LogP) is 6.75. The predicted molar refractivity (Wildman–Crippen MR) is 134 cm³/mol. The number of nitrogens with zero attached hydrogens (tertiary/aromatic N) is 1. The lowest BCUT2D eigenvalue weighted by molar-refractivity contribution is -0.151. The standard InChI is InChI=1S/C29H39F2NO5/c1-3-4-5-6-7-8-20(21-9-10-21)14-16-36-26-17-22(37-28(30)31)11-12-24(26)29(19-32)15-13-25(33)23(18-29)27(34)35-2/h11-12,17,20-21,23,28H,3-10,13-16,18H2,1-2H3. The summed E-state index contributed by atoms with van der Waals surface area (Å²) in [4.78, 5) is 24.7. The molecule has 0 N–H and O–H groups in total. The molecule has 6 nitrogen and oxygen atoms in total. The Labute approximate surface area is 218 Å². The highest BCUT2D eigenvalue weighted by Gasteiger charge is 2.46. The number of esters is 1. The minimum atomic E-state index is -2.99. The van der Waals surface area contributed by atoms with Gasteiger partial charge >= 0.3 is 12.6 Å². The Kier molecular flexibility index (Phi) is 10.7. The molecule has 3 unspecified atom stereocenters. The Balaban J connectivity index is 1.77. The zero-order chi connectivity index (χ0) is 26.8. The van der Waals surface area contributed by atoms with Crippen LogP contribution in [0.5, 0.6) is 11.5 Å². The summed E-state index contributed by atoms with van der Waals surface area (Å²) in [5.41, 5.74) is -0.693. The summed E-state index contributed by atoms with van der Waals surface area (Å²) >= 11 is 0. The number of halogens is 2. The monoisotopic (exact) mass is 519 g/mol. The van der Waals surface area contributed by atoms with Crippen LogP contribution in [-0.2, 0) is 19.7 Å². The van der Waals surface area contributed by atoms with E-state index in [0.29, 0.717) is 18.1 Å². The number of alkyl halides is 2. The topological polar surface area (TPSA) is 85.6 Å². The summed E-state index contributed by atoms with van der Waals surface area (Å²) in [6.45, 7) is -0.397. The van der Waals surface area contributed by atoms with Gasteiger partial charge in [0.15, 0.2) is 0 Å². The zero-order valence-corrected chi connectivity index (χ0v) is 22.0. The third-order valence-electron chi connectivity index (χ3n) is 7.85. The molecule has 3 rings (SSSR count). The number of carbonyl (C=O) groups is 2. The summed E-state index contributed by atoms with van der Waals surface area (Å²) in [7, 11) is 1.21. The second-order valence-corrected chi connectivity index (χ2v) is 10.4. The van der Waals surface area contributed by atoms with E-state index < -0.39 is 23.9 Å². The molecule has 2 aliphatic rings.